The third kappa shape index (κ3) is 3.34. The molecule has 1 aromatic heterocycles. The molecule has 23 heavy (non-hydrogen) atoms. The van der Waals surface area contributed by atoms with E-state index >= 15 is 0 Å². The number of pyridine rings is 1. The first-order chi connectivity index (χ1) is 11.1. The van der Waals surface area contributed by atoms with E-state index in [9.17, 15) is 9.18 Å². The summed E-state index contributed by atoms with van der Waals surface area (Å²) in [6.45, 7) is 0.543. The summed E-state index contributed by atoms with van der Waals surface area (Å²) in [6, 6.07) is 10.1. The van der Waals surface area contributed by atoms with Crippen molar-refractivity contribution in [2.24, 2.45) is 0 Å². The average molecular weight is 330 g/mol. The Morgan fingerprint density at radius 3 is 2.57 bits per heavy atom. The maximum Gasteiger partial charge on any atom is 0.254 e. The molecule has 3 rings (SSSR count). The third-order valence-corrected chi connectivity index (χ3v) is 5.01. The van der Waals surface area contributed by atoms with Crippen LogP contribution in [0.2, 0.25) is 0 Å². The number of carbonyl (C=O) groups excluding carboxylic acids is 1. The number of carbonyl (C=O) groups is 1. The molecule has 1 aliphatic rings. The zero-order valence-corrected chi connectivity index (χ0v) is 13.6. The normalized spacial score (nSPS) is 16.2. The molecule has 2 N–H and O–H groups in total. The summed E-state index contributed by atoms with van der Waals surface area (Å²) in [5, 5.41) is 3.02. The molecule has 5 heteroatoms. The molecule has 1 aromatic carbocycles. The molecule has 0 radical (unpaired) electrons. The van der Waals surface area contributed by atoms with Crippen molar-refractivity contribution in [3.63, 3.8) is 0 Å². The Morgan fingerprint density at radius 1 is 1.22 bits per heavy atom. The second kappa shape index (κ2) is 6.62. The highest BCUT2D eigenvalue weighted by Gasteiger charge is 2.36. The van der Waals surface area contributed by atoms with E-state index in [1.165, 1.54) is 12.1 Å². The summed E-state index contributed by atoms with van der Waals surface area (Å²) in [4.78, 5) is 15.3. The van der Waals surface area contributed by atoms with Gasteiger partial charge in [0.05, 0.1) is 5.56 Å². The van der Waals surface area contributed by atoms with Crippen molar-refractivity contribution >= 4 is 18.1 Å². The molecule has 0 unspecified atom stereocenters. The topological polar surface area (TPSA) is 44.9 Å². The van der Waals surface area contributed by atoms with Crippen molar-refractivity contribution in [3.05, 3.63) is 64.2 Å². The summed E-state index contributed by atoms with van der Waals surface area (Å²) in [5.41, 5.74) is 1.47. The highest BCUT2D eigenvalue weighted by molar-refractivity contribution is 7.71. The predicted molar refractivity (Wildman–Crippen MR) is 90.5 cm³/mol. The van der Waals surface area contributed by atoms with Crippen LogP contribution in [-0.4, -0.2) is 17.4 Å². The van der Waals surface area contributed by atoms with Gasteiger partial charge >= 0.3 is 0 Å². The van der Waals surface area contributed by atoms with E-state index in [0.29, 0.717) is 16.7 Å². The number of nitrogens with one attached hydrogen (secondary N) is 2. The van der Waals surface area contributed by atoms with Gasteiger partial charge in [-0.25, -0.2) is 4.39 Å². The van der Waals surface area contributed by atoms with Gasteiger partial charge in [-0.2, -0.15) is 0 Å². The molecule has 1 amide bonds. The maximum atomic E-state index is 13.2. The van der Waals surface area contributed by atoms with Crippen LogP contribution < -0.4 is 5.32 Å². The van der Waals surface area contributed by atoms with Gasteiger partial charge < -0.3 is 10.3 Å². The SMILES string of the molecule is O=C(NCC1(c2ccc(F)cc2)CCCC1)c1ccc[nH]c1=S. The fourth-order valence-electron chi connectivity index (χ4n) is 3.37. The highest BCUT2D eigenvalue weighted by atomic mass is 32.1. The molecule has 0 atom stereocenters. The second-order valence-corrected chi connectivity index (χ2v) is 6.50. The molecule has 1 fully saturated rings. The van der Waals surface area contributed by atoms with E-state index in [-0.39, 0.29) is 17.1 Å². The van der Waals surface area contributed by atoms with E-state index < -0.39 is 0 Å². The Hall–Kier alpha value is -2.01. The van der Waals surface area contributed by atoms with Crippen molar-refractivity contribution in [1.82, 2.24) is 10.3 Å². The lowest BCUT2D eigenvalue weighted by atomic mass is 9.78. The van der Waals surface area contributed by atoms with E-state index in [2.05, 4.69) is 10.3 Å². The first-order valence-corrected chi connectivity index (χ1v) is 8.24. The molecule has 1 saturated carbocycles. The maximum absolute atomic E-state index is 13.2. The molecular weight excluding hydrogens is 311 g/mol. The third-order valence-electron chi connectivity index (χ3n) is 4.67. The Balaban J connectivity index is 1.78. The number of halogens is 1. The fraction of sp³-hybridized carbons (Fsp3) is 0.333. The number of H-pyrrole nitrogens is 1. The summed E-state index contributed by atoms with van der Waals surface area (Å²) < 4.78 is 13.6. The quantitative estimate of drug-likeness (QED) is 0.828. The van der Waals surface area contributed by atoms with Crippen LogP contribution in [0.4, 0.5) is 4.39 Å². The van der Waals surface area contributed by atoms with Gasteiger partial charge in [0.2, 0.25) is 0 Å². The molecule has 0 bridgehead atoms. The number of hydrogen-bond donors (Lipinski definition) is 2. The van der Waals surface area contributed by atoms with Gasteiger partial charge in [-0.3, -0.25) is 4.79 Å². The van der Waals surface area contributed by atoms with Gasteiger partial charge in [0.1, 0.15) is 10.5 Å². The minimum Gasteiger partial charge on any atom is -0.352 e. The van der Waals surface area contributed by atoms with E-state index in [0.717, 1.165) is 31.2 Å². The van der Waals surface area contributed by atoms with Crippen LogP contribution in [0.3, 0.4) is 0 Å². The number of aromatic amines is 1. The van der Waals surface area contributed by atoms with Gasteiger partial charge in [-0.05, 0) is 42.7 Å². The van der Waals surface area contributed by atoms with Gasteiger partial charge in [0.25, 0.3) is 5.91 Å². The molecule has 2 aromatic rings. The predicted octanol–water partition coefficient (Wildman–Crippen LogP) is 4.13. The first kappa shape index (κ1) is 15.9. The largest absolute Gasteiger partial charge is 0.352 e. The zero-order valence-electron chi connectivity index (χ0n) is 12.8. The summed E-state index contributed by atoms with van der Waals surface area (Å²) in [6.07, 6.45) is 5.95. The molecule has 1 heterocycles. The van der Waals surface area contributed by atoms with Crippen molar-refractivity contribution in [3.8, 4) is 0 Å². The Kier molecular flexibility index (Phi) is 4.57. The lowest BCUT2D eigenvalue weighted by molar-refractivity contribution is 0.0942. The van der Waals surface area contributed by atoms with Gasteiger partial charge in [0, 0.05) is 18.2 Å². The molecule has 1 aliphatic carbocycles. The van der Waals surface area contributed by atoms with Crippen molar-refractivity contribution in [2.75, 3.05) is 6.54 Å². The molecule has 0 saturated heterocycles. The number of hydrogen-bond acceptors (Lipinski definition) is 2. The lowest BCUT2D eigenvalue weighted by Gasteiger charge is -2.30. The van der Waals surface area contributed by atoms with Crippen LogP contribution in [0.5, 0.6) is 0 Å². The summed E-state index contributed by atoms with van der Waals surface area (Å²) in [5.74, 6) is -0.401. The lowest BCUT2D eigenvalue weighted by Crippen LogP contribution is -2.39. The van der Waals surface area contributed by atoms with Gasteiger partial charge in [0.15, 0.2) is 0 Å². The second-order valence-electron chi connectivity index (χ2n) is 6.09. The number of aromatic nitrogens is 1. The number of rotatable bonds is 4. The Labute approximate surface area is 139 Å². The van der Waals surface area contributed by atoms with Crippen LogP contribution >= 0.6 is 12.2 Å². The average Bonchev–Trinajstić information content (AvgIpc) is 3.04. The van der Waals surface area contributed by atoms with Crippen LogP contribution in [0.15, 0.2) is 42.6 Å². The highest BCUT2D eigenvalue weighted by Crippen LogP contribution is 2.40. The standard InChI is InChI=1S/C18H19FN2OS/c19-14-7-5-13(6-8-14)18(9-1-2-10-18)12-21-16(22)15-4-3-11-20-17(15)23/h3-8,11H,1-2,9-10,12H2,(H,20,23)(H,21,22). The molecule has 0 aliphatic heterocycles. The Morgan fingerprint density at radius 2 is 1.91 bits per heavy atom. The summed E-state index contributed by atoms with van der Waals surface area (Å²) in [7, 11) is 0. The monoisotopic (exact) mass is 330 g/mol. The zero-order chi connectivity index (χ0) is 16.3. The fourth-order valence-corrected chi connectivity index (χ4v) is 3.60. The number of benzene rings is 1. The number of amides is 1. The molecule has 120 valence electrons. The van der Waals surface area contributed by atoms with Crippen molar-refractivity contribution in [1.29, 1.82) is 0 Å². The minimum absolute atomic E-state index is 0.108. The summed E-state index contributed by atoms with van der Waals surface area (Å²) >= 11 is 5.15. The molecular formula is C18H19FN2OS. The van der Waals surface area contributed by atoms with Crippen LogP contribution in [0.25, 0.3) is 0 Å². The van der Waals surface area contributed by atoms with Crippen molar-refractivity contribution in [2.45, 2.75) is 31.1 Å². The van der Waals surface area contributed by atoms with Crippen LogP contribution in [-0.2, 0) is 5.41 Å². The van der Waals surface area contributed by atoms with Gasteiger partial charge in [-0.1, -0.05) is 37.2 Å². The van der Waals surface area contributed by atoms with Crippen LogP contribution in [0.1, 0.15) is 41.6 Å². The Bertz CT molecular complexity index is 748. The van der Waals surface area contributed by atoms with Crippen LogP contribution in [0, 0.1) is 10.5 Å². The van der Waals surface area contributed by atoms with E-state index in [1.807, 2.05) is 12.1 Å². The first-order valence-electron chi connectivity index (χ1n) is 7.83. The van der Waals surface area contributed by atoms with Gasteiger partial charge in [-0.15, -0.1) is 0 Å². The van der Waals surface area contributed by atoms with Crippen molar-refractivity contribution < 1.29 is 9.18 Å². The smallest absolute Gasteiger partial charge is 0.254 e. The molecule has 0 spiro atoms. The molecule has 3 nitrogen and oxygen atoms in total. The van der Waals surface area contributed by atoms with E-state index in [4.69, 9.17) is 12.2 Å². The minimum atomic E-state index is -0.235. The van der Waals surface area contributed by atoms with E-state index in [1.54, 1.807) is 18.3 Å².